The Morgan fingerprint density at radius 1 is 1.08 bits per heavy atom. The molecular formula is C29H38N4O3. The van der Waals surface area contributed by atoms with Crippen molar-refractivity contribution in [3.05, 3.63) is 53.7 Å². The van der Waals surface area contributed by atoms with Crippen LogP contribution in [0.15, 0.2) is 42.5 Å². The molecule has 1 aromatic heterocycles. The quantitative estimate of drug-likeness (QED) is 0.594. The first-order valence-electron chi connectivity index (χ1n) is 13.6. The summed E-state index contributed by atoms with van der Waals surface area (Å²) in [5.41, 5.74) is 2.07. The van der Waals surface area contributed by atoms with Crippen LogP contribution in [0.2, 0.25) is 0 Å². The number of hydrogen-bond donors (Lipinski definition) is 3. The van der Waals surface area contributed by atoms with Crippen molar-refractivity contribution < 1.29 is 15.0 Å². The van der Waals surface area contributed by atoms with E-state index < -0.39 is 11.7 Å². The molecule has 1 saturated heterocycles. The number of nitrogens with one attached hydrogen (secondary N) is 1. The lowest BCUT2D eigenvalue weighted by Gasteiger charge is -2.58. The van der Waals surface area contributed by atoms with Crippen molar-refractivity contribution in [3.63, 3.8) is 0 Å². The number of pyridine rings is 1. The van der Waals surface area contributed by atoms with Crippen LogP contribution in [0.5, 0.6) is 0 Å². The molecule has 0 radical (unpaired) electrons. The Labute approximate surface area is 213 Å². The van der Waals surface area contributed by atoms with E-state index in [1.54, 1.807) is 6.92 Å². The minimum Gasteiger partial charge on any atom is -0.390 e. The Balaban J connectivity index is 1.11. The zero-order valence-corrected chi connectivity index (χ0v) is 21.3. The first-order valence-corrected chi connectivity index (χ1v) is 13.6. The van der Waals surface area contributed by atoms with Gasteiger partial charge in [0.05, 0.1) is 11.7 Å². The van der Waals surface area contributed by atoms with Gasteiger partial charge in [-0.1, -0.05) is 18.2 Å². The molecule has 5 fully saturated rings. The van der Waals surface area contributed by atoms with Gasteiger partial charge in [0.25, 0.3) is 5.91 Å². The third-order valence-corrected chi connectivity index (χ3v) is 9.17. The highest BCUT2D eigenvalue weighted by Gasteiger charge is 2.55. The van der Waals surface area contributed by atoms with E-state index in [9.17, 15) is 15.0 Å². The number of anilines is 2. The smallest absolute Gasteiger partial charge is 0.270 e. The molecule has 7 rings (SSSR count). The van der Waals surface area contributed by atoms with Gasteiger partial charge in [-0.3, -0.25) is 4.79 Å². The van der Waals surface area contributed by atoms with Crippen LogP contribution in [-0.2, 0) is 0 Å². The normalized spacial score (nSPS) is 34.1. The van der Waals surface area contributed by atoms with E-state index in [1.165, 1.54) is 0 Å². The largest absolute Gasteiger partial charge is 0.390 e. The minimum absolute atomic E-state index is 0.0918. The number of aromatic nitrogens is 1. The summed E-state index contributed by atoms with van der Waals surface area (Å²) in [6.07, 6.45) is 4.38. The summed E-state index contributed by atoms with van der Waals surface area (Å²) in [6, 6.07) is 14.3. The fraction of sp³-hybridized carbons (Fsp3) is 0.586. The molecule has 0 spiro atoms. The first-order chi connectivity index (χ1) is 17.3. The second kappa shape index (κ2) is 9.03. The van der Waals surface area contributed by atoms with Gasteiger partial charge in [-0.25, -0.2) is 4.98 Å². The van der Waals surface area contributed by atoms with Crippen LogP contribution in [0.4, 0.5) is 11.5 Å². The molecule has 3 N–H and O–H groups in total. The summed E-state index contributed by atoms with van der Waals surface area (Å²) in [5, 5.41) is 24.0. The second-order valence-corrected chi connectivity index (χ2v) is 11.8. The number of carbonyl (C=O) groups excluding carboxylic acids is 1. The van der Waals surface area contributed by atoms with E-state index in [2.05, 4.69) is 34.2 Å². The molecule has 4 aliphatic carbocycles. The molecule has 2 heterocycles. The number of aliphatic hydroxyl groups excluding tert-OH is 1. The maximum Gasteiger partial charge on any atom is 0.270 e. The molecule has 4 atom stereocenters. The zero-order valence-electron chi connectivity index (χ0n) is 21.3. The van der Waals surface area contributed by atoms with Crippen LogP contribution >= 0.6 is 0 Å². The van der Waals surface area contributed by atoms with Crippen molar-refractivity contribution in [2.75, 3.05) is 29.4 Å². The molecule has 1 aliphatic heterocycles. The van der Waals surface area contributed by atoms with E-state index in [1.807, 2.05) is 30.3 Å². The number of carbonyl (C=O) groups is 1. The van der Waals surface area contributed by atoms with E-state index in [-0.39, 0.29) is 18.0 Å². The fourth-order valence-corrected chi connectivity index (χ4v) is 7.65. The van der Waals surface area contributed by atoms with Crippen LogP contribution in [-0.4, -0.2) is 58.4 Å². The van der Waals surface area contributed by atoms with Gasteiger partial charge in [-0.05, 0) is 93.5 Å². The monoisotopic (exact) mass is 490 g/mol. The Bertz CT molecular complexity index is 1100. The van der Waals surface area contributed by atoms with E-state index in [0.717, 1.165) is 68.8 Å². The van der Waals surface area contributed by atoms with Gasteiger partial charge in [-0.2, -0.15) is 0 Å². The predicted molar refractivity (Wildman–Crippen MR) is 140 cm³/mol. The van der Waals surface area contributed by atoms with Crippen molar-refractivity contribution in [2.45, 2.75) is 69.7 Å². The number of nitrogens with zero attached hydrogens (tertiary/aromatic N) is 3. The molecule has 4 saturated carbocycles. The van der Waals surface area contributed by atoms with Crippen LogP contribution in [0.1, 0.15) is 68.1 Å². The predicted octanol–water partition coefficient (Wildman–Crippen LogP) is 3.52. The summed E-state index contributed by atoms with van der Waals surface area (Å²) < 4.78 is 0. The number of rotatable bonds is 5. The third-order valence-electron chi connectivity index (χ3n) is 9.17. The molecule has 1 aromatic carbocycles. The molecular weight excluding hydrogens is 452 g/mol. The lowest BCUT2D eigenvalue weighted by atomic mass is 9.52. The van der Waals surface area contributed by atoms with Crippen molar-refractivity contribution in [1.29, 1.82) is 0 Å². The number of piperazine rings is 1. The average Bonchev–Trinajstić information content (AvgIpc) is 2.85. The summed E-state index contributed by atoms with van der Waals surface area (Å²) >= 11 is 0. The van der Waals surface area contributed by atoms with Crippen molar-refractivity contribution in [1.82, 2.24) is 10.3 Å². The summed E-state index contributed by atoms with van der Waals surface area (Å²) in [7, 11) is 0. The van der Waals surface area contributed by atoms with Crippen LogP contribution < -0.4 is 15.1 Å². The SMILES string of the molecule is CC(O)c1ccc(N2CCN(c3cccc(C(=O)N[C@H]4C5CC6CC4C[C@](O)(C6)C5)n3)[C@H](C)C2)cc1. The zero-order chi connectivity index (χ0) is 25.0. The van der Waals surface area contributed by atoms with Gasteiger partial charge in [0.15, 0.2) is 0 Å². The van der Waals surface area contributed by atoms with Crippen molar-refractivity contribution >= 4 is 17.4 Å². The van der Waals surface area contributed by atoms with Gasteiger partial charge in [0, 0.05) is 37.4 Å². The standard InChI is InChI=1S/C29H38N4O3/c1-18-17-32(24-8-6-21(7-9-24)19(2)34)10-11-33(18)26-5-3-4-25(30-26)28(35)31-27-22-12-20-13-23(27)16-29(36,14-20)15-22/h3-9,18-20,22-23,27,34,36H,10-17H2,1-2H3,(H,31,35)/t18-,19?,20?,22?,23?,27-,29-/m1/s1. The molecule has 192 valence electrons. The van der Waals surface area contributed by atoms with Crippen LogP contribution in [0.25, 0.3) is 0 Å². The highest BCUT2D eigenvalue weighted by atomic mass is 16.3. The molecule has 3 unspecified atom stereocenters. The highest BCUT2D eigenvalue weighted by Crippen LogP contribution is 2.55. The Hall–Kier alpha value is -2.64. The maximum absolute atomic E-state index is 13.3. The summed E-state index contributed by atoms with van der Waals surface area (Å²) in [6.45, 7) is 6.53. The van der Waals surface area contributed by atoms with Crippen LogP contribution in [0.3, 0.4) is 0 Å². The highest BCUT2D eigenvalue weighted by molar-refractivity contribution is 5.93. The lowest BCUT2D eigenvalue weighted by molar-refractivity contribution is -0.136. The Kier molecular flexibility index (Phi) is 5.96. The molecule has 2 aromatic rings. The molecule has 7 nitrogen and oxygen atoms in total. The molecule has 4 bridgehead atoms. The maximum atomic E-state index is 13.3. The fourth-order valence-electron chi connectivity index (χ4n) is 7.65. The van der Waals surface area contributed by atoms with Crippen molar-refractivity contribution in [3.8, 4) is 0 Å². The topological polar surface area (TPSA) is 88.9 Å². The lowest BCUT2D eigenvalue weighted by Crippen LogP contribution is -2.61. The number of hydrogen-bond acceptors (Lipinski definition) is 6. The van der Waals surface area contributed by atoms with Crippen molar-refractivity contribution in [2.24, 2.45) is 17.8 Å². The molecule has 1 amide bonds. The summed E-state index contributed by atoms with van der Waals surface area (Å²) in [5.74, 6) is 2.15. The van der Waals surface area contributed by atoms with Gasteiger partial charge in [0.1, 0.15) is 11.5 Å². The van der Waals surface area contributed by atoms with Gasteiger partial charge >= 0.3 is 0 Å². The Morgan fingerprint density at radius 3 is 2.44 bits per heavy atom. The van der Waals surface area contributed by atoms with Gasteiger partial charge in [0.2, 0.25) is 0 Å². The number of amides is 1. The summed E-state index contributed by atoms with van der Waals surface area (Å²) in [4.78, 5) is 22.7. The Morgan fingerprint density at radius 2 is 1.81 bits per heavy atom. The minimum atomic E-state index is -0.493. The van der Waals surface area contributed by atoms with Gasteiger partial charge < -0.3 is 25.3 Å². The first kappa shape index (κ1) is 23.7. The second-order valence-electron chi connectivity index (χ2n) is 11.8. The van der Waals surface area contributed by atoms with E-state index in [4.69, 9.17) is 4.98 Å². The van der Waals surface area contributed by atoms with E-state index >= 15 is 0 Å². The average molecular weight is 491 g/mol. The third kappa shape index (κ3) is 4.37. The molecule has 5 aliphatic rings. The number of benzene rings is 1. The van der Waals surface area contributed by atoms with Gasteiger partial charge in [-0.15, -0.1) is 0 Å². The number of aliphatic hydroxyl groups is 2. The van der Waals surface area contributed by atoms with Crippen LogP contribution in [0, 0.1) is 17.8 Å². The van der Waals surface area contributed by atoms with E-state index in [0.29, 0.717) is 23.4 Å². The molecule has 36 heavy (non-hydrogen) atoms. The molecule has 7 heteroatoms.